The fraction of sp³-hybridized carbons (Fsp3) is 0.200. The summed E-state index contributed by atoms with van der Waals surface area (Å²) < 4.78 is 33.1. The lowest BCUT2D eigenvalue weighted by atomic mass is 10.1. The van der Waals surface area contributed by atoms with Crippen LogP contribution in [0.3, 0.4) is 0 Å². The van der Waals surface area contributed by atoms with Crippen molar-refractivity contribution in [2.24, 2.45) is 0 Å². The van der Waals surface area contributed by atoms with E-state index in [0.29, 0.717) is 22.3 Å². The van der Waals surface area contributed by atoms with Crippen LogP contribution in [-0.2, 0) is 20.6 Å². The highest BCUT2D eigenvalue weighted by molar-refractivity contribution is 7.92. The van der Waals surface area contributed by atoms with Crippen LogP contribution in [0, 0.1) is 13.8 Å². The lowest BCUT2D eigenvalue weighted by Gasteiger charge is -2.18. The number of ether oxygens (including phenoxy) is 1. The van der Waals surface area contributed by atoms with E-state index < -0.39 is 10.0 Å². The largest absolute Gasteiger partial charge is 0.482 e. The number of hydrogen-bond acceptors (Lipinski definition) is 6. The Kier molecular flexibility index (Phi) is 5.01. The zero-order chi connectivity index (χ0) is 20.6. The zero-order valence-electron chi connectivity index (χ0n) is 15.9. The number of anilines is 2. The number of carbonyl (C=O) groups excluding carboxylic acids is 1. The van der Waals surface area contributed by atoms with Gasteiger partial charge in [0.25, 0.3) is 5.91 Å². The summed E-state index contributed by atoms with van der Waals surface area (Å²) in [5.74, 6) is 0.264. The number of thiazole rings is 1. The lowest BCUT2D eigenvalue weighted by molar-refractivity contribution is -0.118. The van der Waals surface area contributed by atoms with E-state index in [0.717, 1.165) is 21.6 Å². The molecule has 2 heterocycles. The average Bonchev–Trinajstić information content (AvgIpc) is 3.00. The van der Waals surface area contributed by atoms with E-state index in [1.54, 1.807) is 18.2 Å². The lowest BCUT2D eigenvalue weighted by Crippen LogP contribution is -2.25. The maximum Gasteiger partial charge on any atom is 0.262 e. The van der Waals surface area contributed by atoms with Crippen molar-refractivity contribution in [3.63, 3.8) is 0 Å². The molecule has 0 atom stereocenters. The van der Waals surface area contributed by atoms with Gasteiger partial charge in [0, 0.05) is 10.4 Å². The Labute approximate surface area is 172 Å². The van der Waals surface area contributed by atoms with Gasteiger partial charge in [-0.15, -0.1) is 11.3 Å². The van der Waals surface area contributed by atoms with Gasteiger partial charge in [-0.25, -0.2) is 13.4 Å². The third-order valence-corrected chi connectivity index (χ3v) is 6.60. The molecule has 1 aliphatic rings. The van der Waals surface area contributed by atoms with Gasteiger partial charge in [-0.1, -0.05) is 29.8 Å². The fourth-order valence-electron chi connectivity index (χ4n) is 3.13. The molecule has 0 radical (unpaired) electrons. The topological polar surface area (TPSA) is 97.4 Å². The van der Waals surface area contributed by atoms with Crippen molar-refractivity contribution < 1.29 is 17.9 Å². The van der Waals surface area contributed by atoms with Crippen LogP contribution in [0.5, 0.6) is 5.75 Å². The molecule has 150 valence electrons. The van der Waals surface area contributed by atoms with Gasteiger partial charge in [-0.3, -0.25) is 9.52 Å². The monoisotopic (exact) mass is 429 g/mol. The molecule has 0 spiro atoms. The molecule has 29 heavy (non-hydrogen) atoms. The maximum absolute atomic E-state index is 12.6. The number of fused-ring (bicyclic) bond motifs is 1. The van der Waals surface area contributed by atoms with Gasteiger partial charge in [0.15, 0.2) is 11.7 Å². The molecule has 0 aliphatic carbocycles. The van der Waals surface area contributed by atoms with Gasteiger partial charge in [0.1, 0.15) is 5.75 Å². The molecule has 1 amide bonds. The second-order valence-electron chi connectivity index (χ2n) is 6.82. The number of carbonyl (C=O) groups is 1. The Balaban J connectivity index is 1.57. The number of benzene rings is 2. The van der Waals surface area contributed by atoms with E-state index in [9.17, 15) is 13.2 Å². The number of rotatable bonds is 5. The molecule has 1 aliphatic heterocycles. The molecule has 0 unspecified atom stereocenters. The normalized spacial score (nSPS) is 13.4. The molecule has 7 nitrogen and oxygen atoms in total. The predicted molar refractivity (Wildman–Crippen MR) is 114 cm³/mol. The summed E-state index contributed by atoms with van der Waals surface area (Å²) in [6.07, 6.45) is 0. The molecule has 4 rings (SSSR count). The summed E-state index contributed by atoms with van der Waals surface area (Å²) >= 11 is 1.27. The van der Waals surface area contributed by atoms with Crippen molar-refractivity contribution in [1.29, 1.82) is 0 Å². The van der Waals surface area contributed by atoms with Crippen LogP contribution in [0.2, 0.25) is 0 Å². The van der Waals surface area contributed by atoms with Crippen molar-refractivity contribution in [3.8, 4) is 17.0 Å². The summed E-state index contributed by atoms with van der Waals surface area (Å²) in [6.45, 7) is 3.79. The predicted octanol–water partition coefficient (Wildman–Crippen LogP) is 3.70. The van der Waals surface area contributed by atoms with Gasteiger partial charge in [-0.05, 0) is 37.6 Å². The second kappa shape index (κ2) is 7.49. The number of nitrogens with zero attached hydrogens (tertiary/aromatic N) is 1. The van der Waals surface area contributed by atoms with Gasteiger partial charge in [0.2, 0.25) is 10.0 Å². The summed E-state index contributed by atoms with van der Waals surface area (Å²) in [5.41, 5.74) is 3.73. The first-order valence-electron chi connectivity index (χ1n) is 8.90. The number of aromatic nitrogens is 1. The second-order valence-corrected chi connectivity index (χ2v) is 9.75. The minimum atomic E-state index is -3.59. The molecule has 2 aromatic carbocycles. The first-order valence-corrected chi connectivity index (χ1v) is 11.4. The average molecular weight is 430 g/mol. The van der Waals surface area contributed by atoms with Crippen molar-refractivity contribution in [2.45, 2.75) is 19.6 Å². The quantitative estimate of drug-likeness (QED) is 0.645. The highest BCUT2D eigenvalue weighted by Gasteiger charge is 2.20. The minimum Gasteiger partial charge on any atom is -0.482 e. The van der Waals surface area contributed by atoms with E-state index in [2.05, 4.69) is 15.0 Å². The van der Waals surface area contributed by atoms with Crippen LogP contribution in [-0.4, -0.2) is 25.9 Å². The molecule has 0 saturated carbocycles. The van der Waals surface area contributed by atoms with Gasteiger partial charge >= 0.3 is 0 Å². The minimum absolute atomic E-state index is 0.00502. The number of aryl methyl sites for hydroxylation is 2. The molecule has 9 heteroatoms. The molecule has 0 fully saturated rings. The van der Waals surface area contributed by atoms with Gasteiger partial charge < -0.3 is 10.1 Å². The van der Waals surface area contributed by atoms with Crippen molar-refractivity contribution in [1.82, 2.24) is 4.98 Å². The van der Waals surface area contributed by atoms with E-state index >= 15 is 0 Å². The number of sulfonamides is 1. The first kappa shape index (κ1) is 19.4. The Morgan fingerprint density at radius 1 is 1.21 bits per heavy atom. The maximum atomic E-state index is 12.6. The summed E-state index contributed by atoms with van der Waals surface area (Å²) in [5, 5.41) is 3.08. The summed E-state index contributed by atoms with van der Waals surface area (Å²) in [6, 6.07) is 12.8. The van der Waals surface area contributed by atoms with Crippen LogP contribution in [0.1, 0.15) is 16.0 Å². The van der Waals surface area contributed by atoms with Crippen LogP contribution >= 0.6 is 11.3 Å². The molecule has 3 aromatic rings. The van der Waals surface area contributed by atoms with Crippen molar-refractivity contribution in [2.75, 3.05) is 16.6 Å². The zero-order valence-corrected chi connectivity index (χ0v) is 17.5. The van der Waals surface area contributed by atoms with E-state index in [4.69, 9.17) is 4.74 Å². The molecule has 2 N–H and O–H groups in total. The van der Waals surface area contributed by atoms with Crippen LogP contribution in [0.15, 0.2) is 42.5 Å². The highest BCUT2D eigenvalue weighted by atomic mass is 32.2. The Morgan fingerprint density at radius 2 is 2.03 bits per heavy atom. The Bertz CT molecular complexity index is 1200. The van der Waals surface area contributed by atoms with Crippen LogP contribution in [0.25, 0.3) is 11.3 Å². The number of amides is 1. The molecule has 0 bridgehead atoms. The van der Waals surface area contributed by atoms with Gasteiger partial charge in [-0.2, -0.15) is 0 Å². The van der Waals surface area contributed by atoms with Crippen molar-refractivity contribution in [3.05, 3.63) is 58.5 Å². The molecular weight excluding hydrogens is 410 g/mol. The van der Waals surface area contributed by atoms with Gasteiger partial charge in [0.05, 0.1) is 17.1 Å². The van der Waals surface area contributed by atoms with E-state index in [1.807, 2.05) is 38.1 Å². The molecule has 1 aromatic heterocycles. The third-order valence-electron chi connectivity index (χ3n) is 4.36. The third kappa shape index (κ3) is 4.41. The van der Waals surface area contributed by atoms with Crippen molar-refractivity contribution >= 4 is 38.1 Å². The number of hydrogen-bond donors (Lipinski definition) is 2. The van der Waals surface area contributed by atoms with E-state index in [1.165, 1.54) is 11.3 Å². The first-order chi connectivity index (χ1) is 13.8. The Morgan fingerprint density at radius 3 is 2.83 bits per heavy atom. The fourth-order valence-corrected chi connectivity index (χ4v) is 5.37. The van der Waals surface area contributed by atoms with Crippen LogP contribution < -0.4 is 14.8 Å². The summed E-state index contributed by atoms with van der Waals surface area (Å²) in [4.78, 5) is 16.9. The summed E-state index contributed by atoms with van der Waals surface area (Å²) in [7, 11) is -3.59. The molecule has 0 saturated heterocycles. The van der Waals surface area contributed by atoms with Crippen LogP contribution in [0.4, 0.5) is 10.8 Å². The Hall–Kier alpha value is -2.91. The SMILES string of the molecule is Cc1cccc(CS(=O)(=O)Nc2nc(-c3ccc4c(c3)NC(=O)CO4)c(C)s2)c1. The standard InChI is InChI=1S/C20H19N3O4S2/c1-12-4-3-5-14(8-12)11-29(25,26)23-20-22-19(13(2)28-20)15-6-7-17-16(9-15)21-18(24)10-27-17/h3-9H,10-11H2,1-2H3,(H,21,24)(H,22,23). The number of nitrogens with one attached hydrogen (secondary N) is 2. The molecular formula is C20H19N3O4S2. The highest BCUT2D eigenvalue weighted by Crippen LogP contribution is 2.36. The smallest absolute Gasteiger partial charge is 0.262 e. The van der Waals surface area contributed by atoms with E-state index in [-0.39, 0.29) is 18.3 Å².